The Morgan fingerprint density at radius 2 is 1.82 bits per heavy atom. The standard InChI is InChI=1S/C14H12BrNO/c1-10-7-8-12(15)9-13(10)16-14(17)11-5-3-2-4-6-11/h2-9H,1H3,(H,16,17). The van der Waals surface area contributed by atoms with Crippen LogP contribution >= 0.6 is 15.9 Å². The maximum atomic E-state index is 12.0. The number of hydrogen-bond acceptors (Lipinski definition) is 1. The SMILES string of the molecule is Cc1ccc(Br)cc1NC(=O)c1ccccc1. The van der Waals surface area contributed by atoms with Crippen LogP contribution in [-0.2, 0) is 0 Å². The molecule has 0 aliphatic carbocycles. The van der Waals surface area contributed by atoms with E-state index in [-0.39, 0.29) is 5.91 Å². The first-order valence-electron chi connectivity index (χ1n) is 5.29. The Morgan fingerprint density at radius 3 is 2.53 bits per heavy atom. The Kier molecular flexibility index (Phi) is 3.59. The molecule has 0 unspecified atom stereocenters. The summed E-state index contributed by atoms with van der Waals surface area (Å²) in [6.07, 6.45) is 0. The van der Waals surface area contributed by atoms with Crippen LogP contribution in [0.1, 0.15) is 15.9 Å². The predicted molar refractivity (Wildman–Crippen MR) is 73.3 cm³/mol. The first-order valence-corrected chi connectivity index (χ1v) is 6.08. The Morgan fingerprint density at radius 1 is 1.12 bits per heavy atom. The van der Waals surface area contributed by atoms with Gasteiger partial charge in [0.2, 0.25) is 0 Å². The predicted octanol–water partition coefficient (Wildman–Crippen LogP) is 4.01. The fourth-order valence-corrected chi connectivity index (χ4v) is 1.87. The molecule has 0 fully saturated rings. The van der Waals surface area contributed by atoms with E-state index >= 15 is 0 Å². The van der Waals surface area contributed by atoms with Crippen LogP contribution in [0.15, 0.2) is 53.0 Å². The van der Waals surface area contributed by atoms with Crippen molar-refractivity contribution in [3.05, 3.63) is 64.1 Å². The van der Waals surface area contributed by atoms with Crippen molar-refractivity contribution in [3.8, 4) is 0 Å². The highest BCUT2D eigenvalue weighted by Gasteiger charge is 2.06. The molecule has 17 heavy (non-hydrogen) atoms. The van der Waals surface area contributed by atoms with Gasteiger partial charge in [-0.1, -0.05) is 40.2 Å². The van der Waals surface area contributed by atoms with Crippen LogP contribution in [0.4, 0.5) is 5.69 Å². The molecule has 0 aliphatic rings. The zero-order valence-electron chi connectivity index (χ0n) is 9.41. The molecular formula is C14H12BrNO. The summed E-state index contributed by atoms with van der Waals surface area (Å²) in [5, 5.41) is 2.90. The Bertz CT molecular complexity index is 537. The largest absolute Gasteiger partial charge is 0.322 e. The van der Waals surface area contributed by atoms with Gasteiger partial charge in [0.15, 0.2) is 0 Å². The molecule has 3 heteroatoms. The van der Waals surface area contributed by atoms with Crippen LogP contribution in [-0.4, -0.2) is 5.91 Å². The minimum absolute atomic E-state index is 0.0909. The zero-order chi connectivity index (χ0) is 12.3. The highest BCUT2D eigenvalue weighted by Crippen LogP contribution is 2.21. The molecule has 0 heterocycles. The molecule has 0 saturated heterocycles. The first kappa shape index (κ1) is 11.9. The Balaban J connectivity index is 2.22. The lowest BCUT2D eigenvalue weighted by Crippen LogP contribution is -2.12. The highest BCUT2D eigenvalue weighted by atomic mass is 79.9. The summed E-state index contributed by atoms with van der Waals surface area (Å²) in [6, 6.07) is 15.0. The van der Waals surface area contributed by atoms with Crippen molar-refractivity contribution in [3.63, 3.8) is 0 Å². The van der Waals surface area contributed by atoms with Gasteiger partial charge in [-0.15, -0.1) is 0 Å². The summed E-state index contributed by atoms with van der Waals surface area (Å²) in [5.41, 5.74) is 2.53. The van der Waals surface area contributed by atoms with E-state index in [1.54, 1.807) is 12.1 Å². The molecule has 0 spiro atoms. The summed E-state index contributed by atoms with van der Waals surface area (Å²) in [4.78, 5) is 12.0. The quantitative estimate of drug-likeness (QED) is 0.889. The van der Waals surface area contributed by atoms with Gasteiger partial charge in [-0.25, -0.2) is 0 Å². The van der Waals surface area contributed by atoms with E-state index in [1.165, 1.54) is 0 Å². The van der Waals surface area contributed by atoms with E-state index < -0.39 is 0 Å². The minimum Gasteiger partial charge on any atom is -0.322 e. The second kappa shape index (κ2) is 5.15. The third-order valence-corrected chi connectivity index (χ3v) is 2.98. The lowest BCUT2D eigenvalue weighted by atomic mass is 10.1. The molecule has 2 nitrogen and oxygen atoms in total. The van der Waals surface area contributed by atoms with Crippen molar-refractivity contribution >= 4 is 27.5 Å². The van der Waals surface area contributed by atoms with Crippen LogP contribution in [0.3, 0.4) is 0 Å². The fraction of sp³-hybridized carbons (Fsp3) is 0.0714. The highest BCUT2D eigenvalue weighted by molar-refractivity contribution is 9.10. The second-order valence-corrected chi connectivity index (χ2v) is 4.70. The molecule has 0 atom stereocenters. The van der Waals surface area contributed by atoms with Gasteiger partial charge in [0.05, 0.1) is 0 Å². The number of nitrogens with one attached hydrogen (secondary N) is 1. The zero-order valence-corrected chi connectivity index (χ0v) is 11.0. The van der Waals surface area contributed by atoms with Crippen LogP contribution in [0.5, 0.6) is 0 Å². The molecule has 0 saturated carbocycles. The summed E-state index contributed by atoms with van der Waals surface area (Å²) in [6.45, 7) is 1.97. The number of hydrogen-bond donors (Lipinski definition) is 1. The average Bonchev–Trinajstić information content (AvgIpc) is 2.35. The third-order valence-electron chi connectivity index (χ3n) is 2.48. The maximum Gasteiger partial charge on any atom is 0.255 e. The number of halogens is 1. The summed E-state index contributed by atoms with van der Waals surface area (Å²) >= 11 is 3.39. The first-order chi connectivity index (χ1) is 8.16. The van der Waals surface area contributed by atoms with Gasteiger partial charge >= 0.3 is 0 Å². The van der Waals surface area contributed by atoms with Crippen molar-refractivity contribution in [1.29, 1.82) is 0 Å². The molecule has 2 aromatic carbocycles. The van der Waals surface area contributed by atoms with Crippen molar-refractivity contribution < 1.29 is 4.79 Å². The van der Waals surface area contributed by atoms with E-state index in [1.807, 2.05) is 43.3 Å². The normalized spacial score (nSPS) is 10.0. The molecule has 1 amide bonds. The average molecular weight is 290 g/mol. The lowest BCUT2D eigenvalue weighted by Gasteiger charge is -2.08. The lowest BCUT2D eigenvalue weighted by molar-refractivity contribution is 0.102. The minimum atomic E-state index is -0.0909. The van der Waals surface area contributed by atoms with Gasteiger partial charge in [0.1, 0.15) is 0 Å². The van der Waals surface area contributed by atoms with Crippen LogP contribution in [0.25, 0.3) is 0 Å². The summed E-state index contributed by atoms with van der Waals surface area (Å²) < 4.78 is 0.950. The van der Waals surface area contributed by atoms with Gasteiger partial charge in [-0.3, -0.25) is 4.79 Å². The molecule has 0 aromatic heterocycles. The number of anilines is 1. The maximum absolute atomic E-state index is 12.0. The number of aryl methyl sites for hydroxylation is 1. The van der Waals surface area contributed by atoms with E-state index in [4.69, 9.17) is 0 Å². The monoisotopic (exact) mass is 289 g/mol. The molecular weight excluding hydrogens is 278 g/mol. The number of carbonyl (C=O) groups excluding carboxylic acids is 1. The fourth-order valence-electron chi connectivity index (χ4n) is 1.51. The number of rotatable bonds is 2. The van der Waals surface area contributed by atoms with Crippen LogP contribution in [0, 0.1) is 6.92 Å². The second-order valence-electron chi connectivity index (χ2n) is 3.78. The summed E-state index contributed by atoms with van der Waals surface area (Å²) in [7, 11) is 0. The molecule has 2 aromatic rings. The molecule has 0 radical (unpaired) electrons. The van der Waals surface area contributed by atoms with E-state index in [9.17, 15) is 4.79 Å². The van der Waals surface area contributed by atoms with Gasteiger partial charge in [-0.2, -0.15) is 0 Å². The molecule has 1 N–H and O–H groups in total. The van der Waals surface area contributed by atoms with Crippen molar-refractivity contribution in [2.75, 3.05) is 5.32 Å². The van der Waals surface area contributed by atoms with Crippen molar-refractivity contribution in [2.24, 2.45) is 0 Å². The van der Waals surface area contributed by atoms with E-state index in [0.29, 0.717) is 5.56 Å². The van der Waals surface area contributed by atoms with Gasteiger partial charge in [-0.05, 0) is 36.8 Å². The number of carbonyl (C=O) groups is 1. The molecule has 2 rings (SSSR count). The molecule has 0 bridgehead atoms. The van der Waals surface area contributed by atoms with Crippen LogP contribution in [0.2, 0.25) is 0 Å². The van der Waals surface area contributed by atoms with E-state index in [2.05, 4.69) is 21.2 Å². The molecule has 0 aliphatic heterocycles. The van der Waals surface area contributed by atoms with Gasteiger partial charge in [0.25, 0.3) is 5.91 Å². The summed E-state index contributed by atoms with van der Waals surface area (Å²) in [5.74, 6) is -0.0909. The van der Waals surface area contributed by atoms with Crippen molar-refractivity contribution in [2.45, 2.75) is 6.92 Å². The topological polar surface area (TPSA) is 29.1 Å². The van der Waals surface area contributed by atoms with Crippen LogP contribution < -0.4 is 5.32 Å². The van der Waals surface area contributed by atoms with Crippen molar-refractivity contribution in [1.82, 2.24) is 0 Å². The smallest absolute Gasteiger partial charge is 0.255 e. The number of benzene rings is 2. The Hall–Kier alpha value is -1.61. The van der Waals surface area contributed by atoms with E-state index in [0.717, 1.165) is 15.7 Å². The molecule has 86 valence electrons. The third kappa shape index (κ3) is 2.94. The Labute approximate surface area is 109 Å². The van der Waals surface area contributed by atoms with Gasteiger partial charge in [0, 0.05) is 15.7 Å². The van der Waals surface area contributed by atoms with Gasteiger partial charge < -0.3 is 5.32 Å². The number of amides is 1.